The van der Waals surface area contributed by atoms with Crippen LogP contribution in [-0.2, 0) is 18.1 Å². The van der Waals surface area contributed by atoms with Gasteiger partial charge >= 0.3 is 7.82 Å². The Balaban J connectivity index is 3.94. The zero-order valence-corrected chi connectivity index (χ0v) is 11.1. The van der Waals surface area contributed by atoms with E-state index in [9.17, 15) is 4.57 Å². The van der Waals surface area contributed by atoms with Crippen LogP contribution < -0.4 is 0 Å². The summed E-state index contributed by atoms with van der Waals surface area (Å²) in [5, 5.41) is 4.31. The Kier molecular flexibility index (Phi) is 9.72. The van der Waals surface area contributed by atoms with Gasteiger partial charge in [0.15, 0.2) is 0 Å². The first-order valence-corrected chi connectivity index (χ1v) is 6.48. The second kappa shape index (κ2) is 9.90. The quantitative estimate of drug-likeness (QED) is 0.279. The van der Waals surface area contributed by atoms with Gasteiger partial charge in [-0.15, -0.1) is 0 Å². The maximum Gasteiger partial charge on any atom is 0.474 e. The number of hydrogen-bond acceptors (Lipinski definition) is 8. The lowest BCUT2D eigenvalue weighted by Crippen LogP contribution is -2.04. The summed E-state index contributed by atoms with van der Waals surface area (Å²) in [6.07, 6.45) is 0. The van der Waals surface area contributed by atoms with Crippen molar-refractivity contribution in [1.29, 1.82) is 0 Å². The van der Waals surface area contributed by atoms with Crippen LogP contribution in [0.4, 0.5) is 0 Å². The average molecular weight is 282 g/mol. The number of hydrogen-bond donors (Lipinski definition) is 0. The first kappa shape index (κ1) is 15.7. The Morgan fingerprint density at radius 3 is 1.88 bits per heavy atom. The van der Waals surface area contributed by atoms with Gasteiger partial charge < -0.3 is 0 Å². The van der Waals surface area contributed by atoms with Crippen LogP contribution in [0.25, 0.3) is 0 Å². The van der Waals surface area contributed by atoms with E-state index >= 15 is 0 Å². The molecule has 0 rings (SSSR count). The molecule has 0 bridgehead atoms. The molecule has 0 unspecified atom stereocenters. The fraction of sp³-hybridized carbons (Fsp3) is 0.714. The molecule has 0 amide bonds. The van der Waals surface area contributed by atoms with Gasteiger partial charge in [-0.2, -0.15) is 0 Å². The Morgan fingerprint density at radius 1 is 1.12 bits per heavy atom. The molecule has 0 aliphatic carbocycles. The molecule has 0 radical (unpaired) electrons. The highest BCUT2D eigenvalue weighted by Crippen LogP contribution is 2.48. The molecular formula is C7H11N2O4PS2. The predicted molar refractivity (Wildman–Crippen MR) is 66.3 cm³/mol. The van der Waals surface area contributed by atoms with Crippen molar-refractivity contribution in [2.75, 3.05) is 33.4 Å². The number of isothiocyanates is 2. The summed E-state index contributed by atoms with van der Waals surface area (Å²) in [6.45, 7) is 0.646. The maximum atomic E-state index is 11.7. The summed E-state index contributed by atoms with van der Waals surface area (Å²) >= 11 is 8.71. The molecule has 16 heavy (non-hydrogen) atoms. The third kappa shape index (κ3) is 7.93. The summed E-state index contributed by atoms with van der Waals surface area (Å²) in [5.74, 6) is 0. The van der Waals surface area contributed by atoms with Gasteiger partial charge in [-0.3, -0.25) is 13.6 Å². The molecule has 0 aliphatic heterocycles. The van der Waals surface area contributed by atoms with Gasteiger partial charge in [0, 0.05) is 7.11 Å². The van der Waals surface area contributed by atoms with Crippen LogP contribution in [0.1, 0.15) is 0 Å². The summed E-state index contributed by atoms with van der Waals surface area (Å²) in [7, 11) is -2.30. The largest absolute Gasteiger partial charge is 0.474 e. The number of thiocarbonyl (C=S) groups is 2. The molecule has 0 saturated heterocycles. The second-order valence-electron chi connectivity index (χ2n) is 2.24. The van der Waals surface area contributed by atoms with Crippen LogP contribution in [0, 0.1) is 0 Å². The topological polar surface area (TPSA) is 69.5 Å². The Labute approximate surface area is 104 Å². The highest BCUT2D eigenvalue weighted by Gasteiger charge is 2.23. The molecule has 0 aliphatic rings. The number of aliphatic imine (C=N–C) groups is 2. The molecule has 6 nitrogen and oxygen atoms in total. The highest BCUT2D eigenvalue weighted by molar-refractivity contribution is 7.78. The third-order valence-electron chi connectivity index (χ3n) is 1.26. The van der Waals surface area contributed by atoms with Crippen molar-refractivity contribution in [2.24, 2.45) is 9.98 Å². The lowest BCUT2D eigenvalue weighted by atomic mass is 10.7. The van der Waals surface area contributed by atoms with E-state index in [1.807, 2.05) is 0 Å². The van der Waals surface area contributed by atoms with Crippen LogP contribution in [0.2, 0.25) is 0 Å². The van der Waals surface area contributed by atoms with Crippen LogP contribution in [0.5, 0.6) is 0 Å². The second-order valence-corrected chi connectivity index (χ2v) is 4.38. The molecule has 9 heteroatoms. The van der Waals surface area contributed by atoms with E-state index in [0.29, 0.717) is 0 Å². The first-order valence-electron chi connectivity index (χ1n) is 4.20. The van der Waals surface area contributed by atoms with Gasteiger partial charge in [-0.1, -0.05) is 0 Å². The lowest BCUT2D eigenvalue weighted by Gasteiger charge is -2.14. The van der Waals surface area contributed by atoms with Gasteiger partial charge in [0.25, 0.3) is 0 Å². The van der Waals surface area contributed by atoms with Crippen molar-refractivity contribution >= 4 is 42.6 Å². The number of phosphoric ester groups is 1. The fourth-order valence-corrected chi connectivity index (χ4v) is 1.71. The zero-order valence-electron chi connectivity index (χ0n) is 8.62. The van der Waals surface area contributed by atoms with Gasteiger partial charge in [0.1, 0.15) is 0 Å². The van der Waals surface area contributed by atoms with Gasteiger partial charge in [-0.25, -0.2) is 14.5 Å². The van der Waals surface area contributed by atoms with E-state index in [1.165, 1.54) is 7.11 Å². The molecule has 0 fully saturated rings. The van der Waals surface area contributed by atoms with E-state index in [4.69, 9.17) is 9.05 Å². The minimum atomic E-state index is -3.52. The number of rotatable bonds is 9. The summed E-state index contributed by atoms with van der Waals surface area (Å²) in [5.41, 5.74) is 0. The smallest absolute Gasteiger partial charge is 0.290 e. The first-order chi connectivity index (χ1) is 7.68. The molecule has 0 heterocycles. The van der Waals surface area contributed by atoms with E-state index < -0.39 is 7.82 Å². The van der Waals surface area contributed by atoms with E-state index in [0.717, 1.165) is 0 Å². The SMILES string of the molecule is COP(=O)(OCCN=C=S)OCCN=C=S. The monoisotopic (exact) mass is 282 g/mol. The van der Waals surface area contributed by atoms with Gasteiger partial charge in [0.05, 0.1) is 36.6 Å². The van der Waals surface area contributed by atoms with Crippen LogP contribution in [-0.4, -0.2) is 43.7 Å². The third-order valence-corrected chi connectivity index (χ3v) is 2.96. The number of nitrogens with zero attached hydrogens (tertiary/aromatic N) is 2. The van der Waals surface area contributed by atoms with Crippen molar-refractivity contribution in [3.8, 4) is 0 Å². The van der Waals surface area contributed by atoms with Gasteiger partial charge in [0.2, 0.25) is 0 Å². The molecular weight excluding hydrogens is 271 g/mol. The molecule has 0 aromatic rings. The normalized spacial score (nSPS) is 13.3. The molecule has 0 atom stereocenters. The van der Waals surface area contributed by atoms with Crippen molar-refractivity contribution in [2.45, 2.75) is 0 Å². The maximum absolute atomic E-state index is 11.7. The molecule has 0 aromatic heterocycles. The molecule has 0 N–H and O–H groups in total. The van der Waals surface area contributed by atoms with Gasteiger partial charge in [-0.05, 0) is 24.4 Å². The Hall–Kier alpha value is -0.290. The summed E-state index contributed by atoms with van der Waals surface area (Å²) in [6, 6.07) is 0. The van der Waals surface area contributed by atoms with E-state index in [1.54, 1.807) is 0 Å². The van der Waals surface area contributed by atoms with E-state index in [2.05, 4.69) is 49.3 Å². The highest BCUT2D eigenvalue weighted by atomic mass is 32.1. The van der Waals surface area contributed by atoms with Crippen molar-refractivity contribution < 1.29 is 18.1 Å². The minimum Gasteiger partial charge on any atom is -0.290 e. The summed E-state index contributed by atoms with van der Waals surface area (Å²) < 4.78 is 26.1. The van der Waals surface area contributed by atoms with Crippen LogP contribution in [0.3, 0.4) is 0 Å². The average Bonchev–Trinajstić information content (AvgIpc) is 2.31. The lowest BCUT2D eigenvalue weighted by molar-refractivity contribution is 0.137. The van der Waals surface area contributed by atoms with Crippen molar-refractivity contribution in [3.05, 3.63) is 0 Å². The van der Waals surface area contributed by atoms with Crippen molar-refractivity contribution in [1.82, 2.24) is 0 Å². The fourth-order valence-electron chi connectivity index (χ4n) is 0.631. The van der Waals surface area contributed by atoms with E-state index in [-0.39, 0.29) is 26.3 Å². The van der Waals surface area contributed by atoms with Crippen molar-refractivity contribution in [3.63, 3.8) is 0 Å². The zero-order chi connectivity index (χ0) is 12.3. The standard InChI is InChI=1S/C7H11N2O4PS2/c1-11-14(10,12-4-2-8-6-15)13-5-3-9-7-16/h2-5H2,1H3. The Morgan fingerprint density at radius 2 is 1.56 bits per heavy atom. The Bertz CT molecular complexity index is 311. The predicted octanol–water partition coefficient (Wildman–Crippen LogP) is 1.98. The molecule has 0 aromatic carbocycles. The van der Waals surface area contributed by atoms with Crippen LogP contribution in [0.15, 0.2) is 9.98 Å². The molecule has 0 spiro atoms. The van der Waals surface area contributed by atoms with Crippen LogP contribution >= 0.6 is 32.3 Å². The molecule has 0 saturated carbocycles. The molecule has 90 valence electrons. The summed E-state index contributed by atoms with van der Waals surface area (Å²) in [4.78, 5) is 7.17. The minimum absolute atomic E-state index is 0.0746. The number of phosphoric acid groups is 1.